The first-order valence-corrected chi connectivity index (χ1v) is 8.55. The van der Waals surface area contributed by atoms with E-state index in [1.165, 1.54) is 0 Å². The highest BCUT2D eigenvalue weighted by Gasteiger charge is 2.08. The highest BCUT2D eigenvalue weighted by atomic mass is 35.5. The lowest BCUT2D eigenvalue weighted by molar-refractivity contribution is 0.299. The molecule has 4 aromatic rings. The molecule has 0 aliphatic carbocycles. The molecule has 2 aromatic carbocycles. The largest absolute Gasteiger partial charge is 0.483 e. The van der Waals surface area contributed by atoms with Crippen molar-refractivity contribution < 1.29 is 4.74 Å². The Bertz CT molecular complexity index is 1080. The zero-order valence-corrected chi connectivity index (χ0v) is 14.9. The number of pyridine rings is 1. The van der Waals surface area contributed by atoms with Gasteiger partial charge in [0.1, 0.15) is 17.9 Å². The van der Waals surface area contributed by atoms with Crippen molar-refractivity contribution in [3.05, 3.63) is 71.6 Å². The van der Waals surface area contributed by atoms with Crippen LogP contribution in [0.25, 0.3) is 10.9 Å². The number of nitrogens with one attached hydrogen (secondary N) is 1. The van der Waals surface area contributed by atoms with E-state index < -0.39 is 0 Å². The zero-order valence-electron chi connectivity index (χ0n) is 14.1. The van der Waals surface area contributed by atoms with Crippen molar-refractivity contribution in [1.82, 2.24) is 19.9 Å². The Hall–Kier alpha value is -3.45. The van der Waals surface area contributed by atoms with Crippen LogP contribution in [0, 0.1) is 0 Å². The molecule has 8 heteroatoms. The van der Waals surface area contributed by atoms with Crippen molar-refractivity contribution in [2.24, 2.45) is 0 Å². The third kappa shape index (κ3) is 4.04. The van der Waals surface area contributed by atoms with Gasteiger partial charge < -0.3 is 15.8 Å². The molecule has 0 spiro atoms. The Morgan fingerprint density at radius 2 is 1.78 bits per heavy atom. The first-order chi connectivity index (χ1) is 13.2. The number of benzene rings is 2. The molecule has 134 valence electrons. The van der Waals surface area contributed by atoms with E-state index in [2.05, 4.69) is 25.3 Å². The monoisotopic (exact) mass is 378 g/mol. The lowest BCUT2D eigenvalue weighted by atomic mass is 10.2. The molecule has 0 unspecified atom stereocenters. The molecule has 0 radical (unpaired) electrons. The van der Waals surface area contributed by atoms with Crippen LogP contribution in [0.15, 0.2) is 60.8 Å². The van der Waals surface area contributed by atoms with Crippen LogP contribution in [0.4, 0.5) is 17.6 Å². The highest BCUT2D eigenvalue weighted by molar-refractivity contribution is 6.30. The summed E-state index contributed by atoms with van der Waals surface area (Å²) in [7, 11) is 0. The van der Waals surface area contributed by atoms with Gasteiger partial charge in [0.2, 0.25) is 11.9 Å². The topological polar surface area (TPSA) is 98.8 Å². The second-order valence-corrected chi connectivity index (χ2v) is 6.12. The molecule has 0 bridgehead atoms. The number of halogens is 1. The maximum absolute atomic E-state index is 5.90. The molecule has 4 rings (SSSR count). The maximum Gasteiger partial charge on any atom is 0.232 e. The summed E-state index contributed by atoms with van der Waals surface area (Å²) in [4.78, 5) is 17.0. The van der Waals surface area contributed by atoms with Gasteiger partial charge in [0.25, 0.3) is 0 Å². The van der Waals surface area contributed by atoms with Gasteiger partial charge in [-0.15, -0.1) is 0 Å². The fourth-order valence-electron chi connectivity index (χ4n) is 2.56. The van der Waals surface area contributed by atoms with Gasteiger partial charge in [-0.25, -0.2) is 0 Å². The first-order valence-electron chi connectivity index (χ1n) is 8.17. The van der Waals surface area contributed by atoms with Gasteiger partial charge in [-0.05, 0) is 36.4 Å². The summed E-state index contributed by atoms with van der Waals surface area (Å²) in [6.07, 6.45) is 1.73. The average molecular weight is 379 g/mol. The number of anilines is 3. The number of rotatable bonds is 5. The number of nitrogens with zero attached hydrogens (tertiary/aromatic N) is 4. The molecule has 0 amide bonds. The van der Waals surface area contributed by atoms with Crippen LogP contribution in [0.1, 0.15) is 5.82 Å². The maximum atomic E-state index is 5.90. The number of hydrogen-bond acceptors (Lipinski definition) is 7. The molecular formula is C19H15ClN6O. The molecule has 0 saturated carbocycles. The quantitative estimate of drug-likeness (QED) is 0.541. The average Bonchev–Trinajstić information content (AvgIpc) is 2.68. The van der Waals surface area contributed by atoms with E-state index in [4.69, 9.17) is 22.1 Å². The van der Waals surface area contributed by atoms with Crippen LogP contribution in [-0.2, 0) is 6.61 Å². The van der Waals surface area contributed by atoms with E-state index in [1.54, 1.807) is 18.3 Å². The van der Waals surface area contributed by atoms with E-state index >= 15 is 0 Å². The molecule has 2 heterocycles. The van der Waals surface area contributed by atoms with E-state index in [0.29, 0.717) is 22.5 Å². The second kappa shape index (κ2) is 7.43. The molecule has 0 aliphatic rings. The number of hydrogen-bond donors (Lipinski definition) is 2. The lowest BCUT2D eigenvalue weighted by Gasteiger charge is -2.10. The van der Waals surface area contributed by atoms with Crippen molar-refractivity contribution in [2.45, 2.75) is 6.61 Å². The Balaban J connectivity index is 1.53. The number of nitrogens with two attached hydrogens (primary N) is 1. The Labute approximate surface area is 160 Å². The molecular weight excluding hydrogens is 364 g/mol. The van der Waals surface area contributed by atoms with Gasteiger partial charge in [0.05, 0.1) is 0 Å². The Morgan fingerprint density at radius 3 is 2.63 bits per heavy atom. The van der Waals surface area contributed by atoms with Crippen LogP contribution in [0.2, 0.25) is 5.02 Å². The van der Waals surface area contributed by atoms with E-state index in [-0.39, 0.29) is 12.6 Å². The van der Waals surface area contributed by atoms with E-state index in [1.807, 2.05) is 42.5 Å². The molecule has 3 N–H and O–H groups in total. The third-order valence-corrected chi connectivity index (χ3v) is 4.00. The van der Waals surface area contributed by atoms with Crippen LogP contribution in [0.3, 0.4) is 0 Å². The fraction of sp³-hybridized carbons (Fsp3) is 0.0526. The minimum absolute atomic E-state index is 0.108. The molecule has 0 atom stereocenters. The number of aromatic nitrogens is 4. The second-order valence-electron chi connectivity index (χ2n) is 5.69. The van der Waals surface area contributed by atoms with E-state index in [0.717, 1.165) is 16.6 Å². The number of nitrogen functional groups attached to an aromatic ring is 1. The summed E-state index contributed by atoms with van der Waals surface area (Å²) in [6, 6.07) is 16.8. The van der Waals surface area contributed by atoms with Crippen molar-refractivity contribution in [3.8, 4) is 5.75 Å². The predicted octanol–water partition coefficient (Wildman–Crippen LogP) is 3.98. The number of ether oxygens (including phenoxy) is 1. The molecule has 0 aliphatic heterocycles. The van der Waals surface area contributed by atoms with Crippen LogP contribution >= 0.6 is 11.6 Å². The Morgan fingerprint density at radius 1 is 0.963 bits per heavy atom. The van der Waals surface area contributed by atoms with Crippen LogP contribution in [0.5, 0.6) is 5.75 Å². The van der Waals surface area contributed by atoms with Crippen LogP contribution in [-0.4, -0.2) is 19.9 Å². The van der Waals surface area contributed by atoms with Crippen molar-refractivity contribution in [3.63, 3.8) is 0 Å². The third-order valence-electron chi connectivity index (χ3n) is 3.75. The van der Waals surface area contributed by atoms with Gasteiger partial charge in [-0.3, -0.25) is 4.98 Å². The molecule has 2 aromatic heterocycles. The molecule has 7 nitrogen and oxygen atoms in total. The van der Waals surface area contributed by atoms with E-state index in [9.17, 15) is 0 Å². The summed E-state index contributed by atoms with van der Waals surface area (Å²) < 4.78 is 5.87. The summed E-state index contributed by atoms with van der Waals surface area (Å²) in [6.45, 7) is 0.137. The molecule has 27 heavy (non-hydrogen) atoms. The lowest BCUT2D eigenvalue weighted by Crippen LogP contribution is -2.09. The minimum Gasteiger partial charge on any atom is -0.483 e. The van der Waals surface area contributed by atoms with Crippen molar-refractivity contribution in [1.29, 1.82) is 0 Å². The van der Waals surface area contributed by atoms with Gasteiger partial charge in [-0.2, -0.15) is 15.0 Å². The van der Waals surface area contributed by atoms with Crippen molar-refractivity contribution in [2.75, 3.05) is 11.1 Å². The van der Waals surface area contributed by atoms with Gasteiger partial charge in [0, 0.05) is 22.3 Å². The minimum atomic E-state index is 0.108. The smallest absolute Gasteiger partial charge is 0.232 e. The SMILES string of the molecule is Nc1nc(COc2cccc3cccnc23)nc(Nc2ccc(Cl)cc2)n1. The molecule has 0 fully saturated rings. The summed E-state index contributed by atoms with van der Waals surface area (Å²) in [5, 5.41) is 4.71. The summed E-state index contributed by atoms with van der Waals surface area (Å²) >= 11 is 5.90. The Kier molecular flexibility index (Phi) is 4.67. The van der Waals surface area contributed by atoms with Gasteiger partial charge in [-0.1, -0.05) is 29.8 Å². The first kappa shape index (κ1) is 17.0. The van der Waals surface area contributed by atoms with Gasteiger partial charge >= 0.3 is 0 Å². The number of para-hydroxylation sites is 1. The highest BCUT2D eigenvalue weighted by Crippen LogP contribution is 2.24. The van der Waals surface area contributed by atoms with Crippen molar-refractivity contribution >= 4 is 40.1 Å². The zero-order chi connectivity index (χ0) is 18.6. The number of fused-ring (bicyclic) bond motifs is 1. The summed E-state index contributed by atoms with van der Waals surface area (Å²) in [5.74, 6) is 1.50. The fourth-order valence-corrected chi connectivity index (χ4v) is 2.68. The molecule has 0 saturated heterocycles. The summed E-state index contributed by atoms with van der Waals surface area (Å²) in [5.41, 5.74) is 7.37. The standard InChI is InChI=1S/C19H15ClN6O/c20-13-6-8-14(9-7-13)23-19-25-16(24-18(21)26-19)11-27-15-5-1-3-12-4-2-10-22-17(12)15/h1-10H,11H2,(H3,21,23,24,25,26). The predicted molar refractivity (Wildman–Crippen MR) is 105 cm³/mol. The van der Waals surface area contributed by atoms with Gasteiger partial charge in [0.15, 0.2) is 5.82 Å². The normalized spacial score (nSPS) is 10.7. The van der Waals surface area contributed by atoms with Crippen LogP contribution < -0.4 is 15.8 Å².